The smallest absolute Gasteiger partial charge is 0.124 e. The highest BCUT2D eigenvalue weighted by molar-refractivity contribution is 5.52. The van der Waals surface area contributed by atoms with Crippen LogP contribution in [0.5, 0.6) is 5.75 Å². The maximum Gasteiger partial charge on any atom is 0.124 e. The number of ether oxygens (including phenoxy) is 1. The van der Waals surface area contributed by atoms with Crippen molar-refractivity contribution in [3.63, 3.8) is 0 Å². The Labute approximate surface area is 120 Å². The summed E-state index contributed by atoms with van der Waals surface area (Å²) in [7, 11) is 0. The second kappa shape index (κ2) is 5.20. The van der Waals surface area contributed by atoms with Crippen molar-refractivity contribution in [1.82, 2.24) is 0 Å². The molecule has 0 fully saturated rings. The Morgan fingerprint density at radius 2 is 1.85 bits per heavy atom. The minimum atomic E-state index is 0.307. The van der Waals surface area contributed by atoms with Crippen LogP contribution in [-0.4, -0.2) is 6.61 Å². The molecule has 1 aliphatic rings. The van der Waals surface area contributed by atoms with Gasteiger partial charge in [0, 0.05) is 17.2 Å². The predicted octanol–water partition coefficient (Wildman–Crippen LogP) is 4.49. The number of rotatable bonds is 2. The number of anilines is 1. The molecule has 20 heavy (non-hydrogen) atoms. The second-order valence-corrected chi connectivity index (χ2v) is 5.75. The first-order valence-electron chi connectivity index (χ1n) is 7.20. The number of hydrogen-bond donors (Lipinski definition) is 1. The highest BCUT2D eigenvalue weighted by atomic mass is 16.5. The van der Waals surface area contributed by atoms with E-state index >= 15 is 0 Å². The third-order valence-corrected chi connectivity index (χ3v) is 4.15. The van der Waals surface area contributed by atoms with E-state index in [-0.39, 0.29) is 0 Å². The van der Waals surface area contributed by atoms with Crippen LogP contribution in [0.25, 0.3) is 0 Å². The van der Waals surface area contributed by atoms with E-state index in [0.717, 1.165) is 12.4 Å². The maximum absolute atomic E-state index is 5.81. The molecule has 2 aromatic rings. The van der Waals surface area contributed by atoms with Gasteiger partial charge in [-0.1, -0.05) is 31.2 Å². The number of nitrogens with one attached hydrogen (secondary N) is 1. The van der Waals surface area contributed by atoms with Gasteiger partial charge in [0.15, 0.2) is 0 Å². The summed E-state index contributed by atoms with van der Waals surface area (Å²) in [6, 6.07) is 15.2. The van der Waals surface area contributed by atoms with Crippen molar-refractivity contribution in [2.45, 2.75) is 26.8 Å². The molecule has 1 N–H and O–H groups in total. The van der Waals surface area contributed by atoms with Gasteiger partial charge in [0.1, 0.15) is 5.75 Å². The molecule has 2 aromatic carbocycles. The summed E-state index contributed by atoms with van der Waals surface area (Å²) in [4.78, 5) is 0. The van der Waals surface area contributed by atoms with Gasteiger partial charge in [0.2, 0.25) is 0 Å². The molecule has 0 amide bonds. The van der Waals surface area contributed by atoms with E-state index in [1.54, 1.807) is 0 Å². The molecular weight excluding hydrogens is 246 g/mol. The van der Waals surface area contributed by atoms with Crippen LogP contribution in [0.2, 0.25) is 0 Å². The minimum Gasteiger partial charge on any atom is -0.493 e. The van der Waals surface area contributed by atoms with Gasteiger partial charge in [-0.25, -0.2) is 0 Å². The Morgan fingerprint density at radius 3 is 2.65 bits per heavy atom. The first kappa shape index (κ1) is 13.0. The molecule has 0 radical (unpaired) electrons. The van der Waals surface area contributed by atoms with E-state index < -0.39 is 0 Å². The second-order valence-electron chi connectivity index (χ2n) is 5.75. The standard InChI is InChI=1S/C18H21NO/c1-12-8-9-15(10-13(12)2)19-18-14(3)11-20-17-7-5-4-6-16(17)18/h4-10,14,18-19H,11H2,1-3H3. The van der Waals surface area contributed by atoms with E-state index in [9.17, 15) is 0 Å². The third-order valence-electron chi connectivity index (χ3n) is 4.15. The summed E-state index contributed by atoms with van der Waals surface area (Å²) in [6.07, 6.45) is 0. The number of para-hydroxylation sites is 1. The topological polar surface area (TPSA) is 21.3 Å². The molecule has 0 bridgehead atoms. The van der Waals surface area contributed by atoms with Gasteiger partial charge in [-0.3, -0.25) is 0 Å². The molecule has 2 unspecified atom stereocenters. The largest absolute Gasteiger partial charge is 0.493 e. The van der Waals surface area contributed by atoms with Crippen LogP contribution in [0.1, 0.15) is 29.7 Å². The van der Waals surface area contributed by atoms with Gasteiger partial charge in [-0.15, -0.1) is 0 Å². The van der Waals surface area contributed by atoms with E-state index in [1.807, 2.05) is 6.07 Å². The van der Waals surface area contributed by atoms with Crippen LogP contribution in [-0.2, 0) is 0 Å². The van der Waals surface area contributed by atoms with Crippen LogP contribution in [0.15, 0.2) is 42.5 Å². The van der Waals surface area contributed by atoms with E-state index in [2.05, 4.69) is 62.5 Å². The first-order chi connectivity index (χ1) is 9.65. The van der Waals surface area contributed by atoms with Gasteiger partial charge in [0.05, 0.1) is 12.6 Å². The Bertz CT molecular complexity index is 621. The van der Waals surface area contributed by atoms with Gasteiger partial charge < -0.3 is 10.1 Å². The number of hydrogen-bond acceptors (Lipinski definition) is 2. The van der Waals surface area contributed by atoms with Crippen molar-refractivity contribution in [1.29, 1.82) is 0 Å². The average molecular weight is 267 g/mol. The van der Waals surface area contributed by atoms with Crippen molar-refractivity contribution >= 4 is 5.69 Å². The van der Waals surface area contributed by atoms with Gasteiger partial charge in [-0.05, 0) is 43.2 Å². The molecule has 0 saturated heterocycles. The zero-order chi connectivity index (χ0) is 14.1. The lowest BCUT2D eigenvalue weighted by Gasteiger charge is -2.33. The van der Waals surface area contributed by atoms with Crippen LogP contribution in [0.3, 0.4) is 0 Å². The Hall–Kier alpha value is -1.96. The number of fused-ring (bicyclic) bond motifs is 1. The SMILES string of the molecule is Cc1ccc(NC2c3ccccc3OCC2C)cc1C. The number of benzene rings is 2. The zero-order valence-corrected chi connectivity index (χ0v) is 12.3. The molecule has 1 heterocycles. The molecule has 2 nitrogen and oxygen atoms in total. The summed E-state index contributed by atoms with van der Waals surface area (Å²) < 4.78 is 5.81. The minimum absolute atomic E-state index is 0.307. The molecule has 3 rings (SSSR count). The Kier molecular flexibility index (Phi) is 3.39. The molecule has 0 aromatic heterocycles. The summed E-state index contributed by atoms with van der Waals surface area (Å²) in [5.74, 6) is 1.46. The average Bonchev–Trinajstić information content (AvgIpc) is 2.46. The predicted molar refractivity (Wildman–Crippen MR) is 83.4 cm³/mol. The molecule has 0 saturated carbocycles. The summed E-state index contributed by atoms with van der Waals surface area (Å²) >= 11 is 0. The lowest BCUT2D eigenvalue weighted by atomic mass is 9.91. The molecule has 104 valence electrons. The summed E-state index contributed by atoms with van der Waals surface area (Å²) in [5.41, 5.74) is 5.09. The third kappa shape index (κ3) is 2.38. The highest BCUT2D eigenvalue weighted by Gasteiger charge is 2.27. The molecule has 0 spiro atoms. The summed E-state index contributed by atoms with van der Waals surface area (Å²) in [5, 5.41) is 3.67. The monoisotopic (exact) mass is 267 g/mol. The molecule has 1 aliphatic heterocycles. The van der Waals surface area contributed by atoms with Crippen LogP contribution in [0.4, 0.5) is 5.69 Å². The fraction of sp³-hybridized carbons (Fsp3) is 0.333. The lowest BCUT2D eigenvalue weighted by Crippen LogP contribution is -2.28. The molecule has 2 heteroatoms. The fourth-order valence-electron chi connectivity index (χ4n) is 2.72. The van der Waals surface area contributed by atoms with Crippen LogP contribution < -0.4 is 10.1 Å². The zero-order valence-electron chi connectivity index (χ0n) is 12.3. The number of aryl methyl sites for hydroxylation is 2. The van der Waals surface area contributed by atoms with Gasteiger partial charge in [-0.2, -0.15) is 0 Å². The van der Waals surface area contributed by atoms with E-state index in [0.29, 0.717) is 12.0 Å². The quantitative estimate of drug-likeness (QED) is 0.866. The van der Waals surface area contributed by atoms with Crippen molar-refractivity contribution in [2.24, 2.45) is 5.92 Å². The van der Waals surface area contributed by atoms with E-state index in [1.165, 1.54) is 22.4 Å². The van der Waals surface area contributed by atoms with Gasteiger partial charge >= 0.3 is 0 Å². The fourth-order valence-corrected chi connectivity index (χ4v) is 2.72. The molecule has 2 atom stereocenters. The summed E-state index contributed by atoms with van der Waals surface area (Å²) in [6.45, 7) is 7.29. The van der Waals surface area contributed by atoms with Crippen molar-refractivity contribution in [2.75, 3.05) is 11.9 Å². The molecular formula is C18H21NO. The first-order valence-corrected chi connectivity index (χ1v) is 7.20. The highest BCUT2D eigenvalue weighted by Crippen LogP contribution is 2.37. The Balaban J connectivity index is 1.91. The van der Waals surface area contributed by atoms with Gasteiger partial charge in [0.25, 0.3) is 0 Å². The van der Waals surface area contributed by atoms with Crippen LogP contribution >= 0.6 is 0 Å². The Morgan fingerprint density at radius 1 is 1.05 bits per heavy atom. The van der Waals surface area contributed by atoms with Crippen molar-refractivity contribution in [3.05, 3.63) is 59.2 Å². The molecule has 0 aliphatic carbocycles. The lowest BCUT2D eigenvalue weighted by molar-refractivity contribution is 0.214. The normalized spacial score (nSPS) is 20.9. The van der Waals surface area contributed by atoms with Crippen molar-refractivity contribution < 1.29 is 4.74 Å². The maximum atomic E-state index is 5.81. The van der Waals surface area contributed by atoms with Crippen molar-refractivity contribution in [3.8, 4) is 5.75 Å². The van der Waals surface area contributed by atoms with E-state index in [4.69, 9.17) is 4.74 Å². The van der Waals surface area contributed by atoms with Crippen LogP contribution in [0, 0.1) is 19.8 Å².